The predicted octanol–water partition coefficient (Wildman–Crippen LogP) is 5.17. The van der Waals surface area contributed by atoms with Gasteiger partial charge in [0, 0.05) is 63.5 Å². The van der Waals surface area contributed by atoms with Crippen LogP contribution in [0.5, 0.6) is 0 Å². The summed E-state index contributed by atoms with van der Waals surface area (Å²) in [5, 5.41) is 0. The van der Waals surface area contributed by atoms with Crippen molar-refractivity contribution in [2.24, 2.45) is 30.0 Å². The summed E-state index contributed by atoms with van der Waals surface area (Å²) in [4.78, 5) is 32.3. The van der Waals surface area contributed by atoms with Crippen LogP contribution in [0.25, 0.3) is 0 Å². The molecule has 12 aliphatic heterocycles. The second kappa shape index (κ2) is 16.0. The Hall–Kier alpha value is -5.08. The van der Waals surface area contributed by atoms with E-state index in [1.54, 1.807) is 12.4 Å². The van der Waals surface area contributed by atoms with E-state index in [9.17, 15) is 0 Å². The lowest BCUT2D eigenvalue weighted by Gasteiger charge is -2.22. The average molecular weight is 583 g/mol. The van der Waals surface area contributed by atoms with Crippen molar-refractivity contribution >= 4 is 37.3 Å². The number of benzene rings is 3. The summed E-state index contributed by atoms with van der Waals surface area (Å²) in [6.07, 6.45) is 11.3. The predicted molar refractivity (Wildman–Crippen MR) is 186 cm³/mol. The van der Waals surface area contributed by atoms with Crippen LogP contribution in [-0.4, -0.2) is 99.4 Å². The lowest BCUT2D eigenvalue weighted by molar-refractivity contribution is 0.298. The highest BCUT2D eigenvalue weighted by Gasteiger charge is 2.10. The SMILES string of the molecule is C=C1/N=C/c2ccc(cc2)C=NCCN2CCN=Cc3ccc(cc3)C=NCCN1C(=C)/N=C/c1ccc(cc1)C=NCC2. The molecule has 8 heteroatoms. The van der Waals surface area contributed by atoms with Gasteiger partial charge in [0.15, 0.2) is 0 Å². The molecule has 8 nitrogen and oxygen atoms in total. The van der Waals surface area contributed by atoms with Gasteiger partial charge in [-0.05, 0) is 33.4 Å². The van der Waals surface area contributed by atoms with Crippen LogP contribution < -0.4 is 0 Å². The first-order chi connectivity index (χ1) is 21.6. The van der Waals surface area contributed by atoms with Gasteiger partial charge in [0.2, 0.25) is 0 Å². The summed E-state index contributed by atoms with van der Waals surface area (Å²) in [6.45, 7) is 14.1. The summed E-state index contributed by atoms with van der Waals surface area (Å²) in [6, 6.07) is 24.5. The van der Waals surface area contributed by atoms with Crippen molar-refractivity contribution in [3.05, 3.63) is 131 Å². The average Bonchev–Trinajstić information content (AvgIpc) is 3.05. The summed E-state index contributed by atoms with van der Waals surface area (Å²) in [5.74, 6) is 1.07. The second-order valence-corrected chi connectivity index (χ2v) is 10.5. The minimum absolute atomic E-state index is 0.519. The fraction of sp³-hybridized carbons (Fsp3) is 0.222. The zero-order chi connectivity index (χ0) is 30.4. The van der Waals surface area contributed by atoms with Crippen molar-refractivity contribution < 1.29 is 0 Å². The van der Waals surface area contributed by atoms with E-state index in [0.717, 1.165) is 53.0 Å². The van der Waals surface area contributed by atoms with Crippen LogP contribution in [-0.2, 0) is 0 Å². The zero-order valence-corrected chi connectivity index (χ0v) is 25.0. The first-order valence-corrected chi connectivity index (χ1v) is 14.9. The molecule has 0 radical (unpaired) electrons. The van der Waals surface area contributed by atoms with Crippen LogP contribution in [0.1, 0.15) is 33.4 Å². The highest BCUT2D eigenvalue weighted by atomic mass is 15.3. The molecule has 15 rings (SSSR count). The molecule has 0 saturated carbocycles. The van der Waals surface area contributed by atoms with Crippen LogP contribution in [0.4, 0.5) is 0 Å². The zero-order valence-electron chi connectivity index (χ0n) is 25.0. The Morgan fingerprint density at radius 1 is 0.386 bits per heavy atom. The maximum atomic E-state index is 4.70. The lowest BCUT2D eigenvalue weighted by atomic mass is 10.1. The molecule has 0 amide bonds. The number of hydrogen-bond acceptors (Lipinski definition) is 8. The standard InChI is InChI=1S/C36H38N8/c1-29-41-27-35-11-7-33(8-12-35)24-38-16-20-43-19-15-37-23-31-3-5-32(6-4-31)26-40-18-22-44(29)30(2)42-28-36-13-9-34(10-14-36)25-39-17-21-43/h3-14,23-28H,1-2,15-22H2/b37-23?,38-24?,39-25?,40-26?,41-27+,42-28+. The molecule has 44 heavy (non-hydrogen) atoms. The Bertz CT molecular complexity index is 1490. The van der Waals surface area contributed by atoms with Gasteiger partial charge in [-0.1, -0.05) is 86.0 Å². The van der Waals surface area contributed by atoms with Gasteiger partial charge < -0.3 is 4.90 Å². The summed E-state index contributed by atoms with van der Waals surface area (Å²) >= 11 is 0. The van der Waals surface area contributed by atoms with E-state index < -0.39 is 0 Å². The molecule has 0 spiro atoms. The van der Waals surface area contributed by atoms with Crippen molar-refractivity contribution in [1.82, 2.24) is 9.80 Å². The first kappa shape index (κ1) is 30.4. The van der Waals surface area contributed by atoms with Crippen LogP contribution in [0.3, 0.4) is 0 Å². The Kier molecular flexibility index (Phi) is 11.0. The smallest absolute Gasteiger partial charge is 0.126 e. The van der Waals surface area contributed by atoms with Crippen LogP contribution in [0, 0.1) is 0 Å². The molecular formula is C36H38N8. The van der Waals surface area contributed by atoms with Crippen LogP contribution in [0.15, 0.2) is 128 Å². The molecule has 0 saturated heterocycles. The van der Waals surface area contributed by atoms with E-state index in [0.29, 0.717) is 44.4 Å². The van der Waals surface area contributed by atoms with E-state index in [4.69, 9.17) is 15.0 Å². The fourth-order valence-corrected chi connectivity index (χ4v) is 4.62. The third kappa shape index (κ3) is 9.47. The van der Waals surface area contributed by atoms with Crippen molar-refractivity contribution in [2.75, 3.05) is 52.4 Å². The Morgan fingerprint density at radius 2 is 0.659 bits per heavy atom. The molecule has 222 valence electrons. The molecule has 3 aromatic carbocycles. The Balaban J connectivity index is 1.49. The Labute approximate surface area is 260 Å². The number of aliphatic imine (C=N–C) groups is 6. The van der Waals surface area contributed by atoms with Gasteiger partial charge in [0.25, 0.3) is 0 Å². The van der Waals surface area contributed by atoms with Crippen molar-refractivity contribution in [2.45, 2.75) is 0 Å². The first-order valence-electron chi connectivity index (χ1n) is 14.9. The highest BCUT2D eigenvalue weighted by Crippen LogP contribution is 2.14. The quantitative estimate of drug-likeness (QED) is 0.366. The molecule has 0 fully saturated rings. The number of rotatable bonds is 0. The normalized spacial score (nSPS) is 19.8. The van der Waals surface area contributed by atoms with E-state index >= 15 is 0 Å². The molecule has 0 N–H and O–H groups in total. The summed E-state index contributed by atoms with van der Waals surface area (Å²) in [7, 11) is 0. The Morgan fingerprint density at radius 3 is 0.977 bits per heavy atom. The molecule has 0 aliphatic carbocycles. The fourth-order valence-electron chi connectivity index (χ4n) is 4.62. The molecule has 8 bridgehead atoms. The van der Waals surface area contributed by atoms with Gasteiger partial charge in [-0.3, -0.25) is 24.9 Å². The van der Waals surface area contributed by atoms with Crippen molar-refractivity contribution in [1.29, 1.82) is 0 Å². The lowest BCUT2D eigenvalue weighted by Crippen LogP contribution is -2.31. The minimum atomic E-state index is 0.519. The largest absolute Gasteiger partial charge is 0.310 e. The monoisotopic (exact) mass is 582 g/mol. The number of hydrogen-bond donors (Lipinski definition) is 0. The molecule has 12 heterocycles. The van der Waals surface area contributed by atoms with Crippen LogP contribution in [0.2, 0.25) is 0 Å². The molecule has 12 aliphatic rings. The van der Waals surface area contributed by atoms with Crippen molar-refractivity contribution in [3.63, 3.8) is 0 Å². The molecule has 0 unspecified atom stereocenters. The number of nitrogens with zero attached hydrogens (tertiary/aromatic N) is 8. The molecule has 3 aromatic rings. The third-order valence-corrected chi connectivity index (χ3v) is 7.21. The summed E-state index contributed by atoms with van der Waals surface area (Å²) in [5.41, 5.74) is 6.10. The van der Waals surface area contributed by atoms with Crippen LogP contribution >= 0.6 is 0 Å². The van der Waals surface area contributed by atoms with Gasteiger partial charge in [0.1, 0.15) is 11.6 Å². The van der Waals surface area contributed by atoms with E-state index in [1.807, 2.05) is 78.3 Å². The maximum absolute atomic E-state index is 4.70. The molecular weight excluding hydrogens is 544 g/mol. The van der Waals surface area contributed by atoms with E-state index in [2.05, 4.69) is 57.3 Å². The van der Waals surface area contributed by atoms with E-state index in [-0.39, 0.29) is 0 Å². The topological polar surface area (TPSA) is 80.6 Å². The highest BCUT2D eigenvalue weighted by molar-refractivity contribution is 5.86. The summed E-state index contributed by atoms with van der Waals surface area (Å²) < 4.78 is 0. The van der Waals surface area contributed by atoms with Gasteiger partial charge in [-0.2, -0.15) is 0 Å². The van der Waals surface area contributed by atoms with Gasteiger partial charge >= 0.3 is 0 Å². The molecule has 0 atom stereocenters. The van der Waals surface area contributed by atoms with Gasteiger partial charge in [-0.25, -0.2) is 9.98 Å². The van der Waals surface area contributed by atoms with E-state index in [1.165, 1.54) is 0 Å². The third-order valence-electron chi connectivity index (χ3n) is 7.21. The minimum Gasteiger partial charge on any atom is -0.310 e. The van der Waals surface area contributed by atoms with Gasteiger partial charge in [0.05, 0.1) is 26.2 Å². The van der Waals surface area contributed by atoms with Crippen molar-refractivity contribution in [3.8, 4) is 0 Å². The van der Waals surface area contributed by atoms with Gasteiger partial charge in [-0.15, -0.1) is 0 Å². The maximum Gasteiger partial charge on any atom is 0.126 e. The second-order valence-electron chi connectivity index (χ2n) is 10.5. The molecule has 0 aromatic heterocycles.